The molecule has 8 atom stereocenters. The third kappa shape index (κ3) is 13.0. The van der Waals surface area contributed by atoms with Gasteiger partial charge in [0, 0.05) is 49.0 Å². The second-order valence-electron chi connectivity index (χ2n) is 18.2. The highest BCUT2D eigenvalue weighted by Crippen LogP contribution is 2.23. The van der Waals surface area contributed by atoms with E-state index in [0.29, 0.717) is 0 Å². The third-order valence-electron chi connectivity index (χ3n) is 11.8. The molecule has 4 amide bonds. The van der Waals surface area contributed by atoms with Gasteiger partial charge in [-0.05, 0) is 83.7 Å². The van der Waals surface area contributed by atoms with Gasteiger partial charge in [-0.15, -0.1) is 0 Å². The van der Waals surface area contributed by atoms with Gasteiger partial charge in [-0.2, -0.15) is 0 Å². The molecule has 1 aliphatic heterocycles. The predicted molar refractivity (Wildman–Crippen MR) is 242 cm³/mol. The summed E-state index contributed by atoms with van der Waals surface area (Å²) in [6.45, 7) is 15.8. The first-order chi connectivity index (χ1) is 28.7. The van der Waals surface area contributed by atoms with E-state index in [9.17, 15) is 19.2 Å². The summed E-state index contributed by atoms with van der Waals surface area (Å²) in [5.74, 6) is -0.956. The summed E-state index contributed by atoms with van der Waals surface area (Å²) in [4.78, 5) is 74.5. The van der Waals surface area contributed by atoms with Crippen LogP contribution in [0.3, 0.4) is 0 Å². The Balaban J connectivity index is 1.48. The van der Waals surface area contributed by atoms with Crippen molar-refractivity contribution in [1.82, 2.24) is 21.3 Å². The summed E-state index contributed by atoms with van der Waals surface area (Å²) < 4.78 is 0. The molecule has 12 nitrogen and oxygen atoms in total. The number of nitrogens with zero attached hydrogens (tertiary/aromatic N) is 4. The number of benzene rings is 2. The fourth-order valence-corrected chi connectivity index (χ4v) is 8.30. The summed E-state index contributed by atoms with van der Waals surface area (Å²) in [5.41, 5.74) is 3.23. The van der Waals surface area contributed by atoms with Crippen molar-refractivity contribution in [3.05, 3.63) is 70.8 Å². The van der Waals surface area contributed by atoms with Gasteiger partial charge in [-0.1, -0.05) is 117 Å². The van der Waals surface area contributed by atoms with Gasteiger partial charge in [-0.25, -0.2) is 0 Å². The average Bonchev–Trinajstić information content (AvgIpc) is 3.19. The first kappa shape index (κ1) is 46.1. The van der Waals surface area contributed by atoms with Gasteiger partial charge in [-0.3, -0.25) is 39.1 Å². The molecule has 1 heterocycles. The van der Waals surface area contributed by atoms with Crippen LogP contribution in [-0.2, 0) is 19.2 Å². The van der Waals surface area contributed by atoms with Crippen LogP contribution in [0.25, 0.3) is 0 Å². The molecule has 2 aliphatic carbocycles. The molecular formula is C48H68N8O4. The van der Waals surface area contributed by atoms with Gasteiger partial charge in [0.25, 0.3) is 0 Å². The van der Waals surface area contributed by atoms with Gasteiger partial charge >= 0.3 is 0 Å². The van der Waals surface area contributed by atoms with E-state index in [1.54, 1.807) is 24.9 Å². The average molecular weight is 821 g/mol. The maximum Gasteiger partial charge on any atom is 0.245 e. The Morgan fingerprint density at radius 3 is 0.817 bits per heavy atom. The van der Waals surface area contributed by atoms with Crippen molar-refractivity contribution in [2.24, 2.45) is 43.6 Å². The Kier molecular flexibility index (Phi) is 16.9. The highest BCUT2D eigenvalue weighted by Gasteiger charge is 2.34. The Hall–Kier alpha value is -5.00. The minimum absolute atomic E-state index is 0.0694. The van der Waals surface area contributed by atoms with Gasteiger partial charge < -0.3 is 21.3 Å². The molecule has 3 aliphatic rings. The summed E-state index contributed by atoms with van der Waals surface area (Å²) in [7, 11) is 0. The van der Waals surface area contributed by atoms with Crippen molar-refractivity contribution in [2.75, 3.05) is 0 Å². The smallest absolute Gasteiger partial charge is 0.245 e. The minimum atomic E-state index is -0.631. The predicted octanol–water partition coefficient (Wildman–Crippen LogP) is 6.26. The summed E-state index contributed by atoms with van der Waals surface area (Å²) >= 11 is 0. The molecule has 0 radical (unpaired) electrons. The first-order valence-electron chi connectivity index (χ1n) is 22.2. The Morgan fingerprint density at radius 2 is 0.617 bits per heavy atom. The zero-order valence-corrected chi connectivity index (χ0v) is 36.9. The van der Waals surface area contributed by atoms with Crippen LogP contribution in [0.1, 0.15) is 129 Å². The van der Waals surface area contributed by atoms with Crippen LogP contribution in [0.2, 0.25) is 0 Å². The largest absolute Gasteiger partial charge is 0.349 e. The zero-order valence-electron chi connectivity index (χ0n) is 36.9. The number of hydrogen-bond donors (Lipinski definition) is 4. The Labute approximate surface area is 357 Å². The topological polar surface area (TPSA) is 166 Å². The van der Waals surface area contributed by atoms with Gasteiger partial charge in [0.1, 0.15) is 24.2 Å². The summed E-state index contributed by atoms with van der Waals surface area (Å²) in [6, 6.07) is 11.9. The monoisotopic (exact) mass is 821 g/mol. The number of amides is 4. The molecule has 0 saturated heterocycles. The van der Waals surface area contributed by atoms with E-state index < -0.39 is 24.2 Å². The fraction of sp³-hybridized carbons (Fsp3) is 0.583. The van der Waals surface area contributed by atoms with Crippen molar-refractivity contribution in [2.45, 2.75) is 155 Å². The fourth-order valence-electron chi connectivity index (χ4n) is 8.30. The molecule has 5 rings (SSSR count). The van der Waals surface area contributed by atoms with Crippen LogP contribution < -0.4 is 21.3 Å². The number of nitrogens with one attached hydrogen (secondary N) is 4. The van der Waals surface area contributed by atoms with Gasteiger partial charge in [0.05, 0.1) is 0 Å². The molecule has 4 bridgehead atoms. The number of rotatable bonds is 4. The van der Waals surface area contributed by atoms with Crippen LogP contribution in [0.4, 0.5) is 0 Å². The van der Waals surface area contributed by atoms with Crippen molar-refractivity contribution in [3.8, 4) is 0 Å². The molecule has 4 N–H and O–H groups in total. The van der Waals surface area contributed by atoms with E-state index in [1.165, 1.54) is 0 Å². The molecule has 12 heteroatoms. The van der Waals surface area contributed by atoms with Gasteiger partial charge in [0.15, 0.2) is 0 Å². The molecule has 2 aromatic carbocycles. The Morgan fingerprint density at radius 1 is 0.400 bits per heavy atom. The molecule has 2 fully saturated rings. The second kappa shape index (κ2) is 22.0. The quantitative estimate of drug-likeness (QED) is 0.286. The van der Waals surface area contributed by atoms with Crippen LogP contribution in [0, 0.1) is 23.7 Å². The first-order valence-corrected chi connectivity index (χ1v) is 22.2. The molecule has 324 valence electrons. The molecule has 0 aromatic heterocycles. The lowest BCUT2D eigenvalue weighted by Gasteiger charge is -2.34. The second-order valence-corrected chi connectivity index (χ2v) is 18.2. The number of carbonyl (C=O) groups excluding carboxylic acids is 4. The summed E-state index contributed by atoms with van der Waals surface area (Å²) in [5, 5.41) is 13.0. The van der Waals surface area contributed by atoms with Crippen molar-refractivity contribution < 1.29 is 19.2 Å². The lowest BCUT2D eigenvalue weighted by Crippen LogP contribution is -2.56. The lowest BCUT2D eigenvalue weighted by atomic mass is 9.89. The van der Waals surface area contributed by atoms with E-state index in [0.717, 1.165) is 73.6 Å². The number of carbonyl (C=O) groups is 4. The lowest BCUT2D eigenvalue weighted by molar-refractivity contribution is -0.127. The van der Waals surface area contributed by atoms with E-state index in [-0.39, 0.29) is 71.5 Å². The molecule has 4 unspecified atom stereocenters. The minimum Gasteiger partial charge on any atom is -0.349 e. The summed E-state index contributed by atoms with van der Waals surface area (Å²) in [6.07, 6.45) is 13.7. The van der Waals surface area contributed by atoms with Crippen LogP contribution in [-0.4, -0.2) is 96.8 Å². The Bertz CT molecular complexity index is 1640. The van der Waals surface area contributed by atoms with Crippen LogP contribution in [0.5, 0.6) is 0 Å². The number of aliphatic imine (C=N–C) groups is 4. The third-order valence-corrected chi connectivity index (χ3v) is 11.8. The molecule has 2 aromatic rings. The molecule has 0 spiro atoms. The van der Waals surface area contributed by atoms with Crippen molar-refractivity contribution in [1.29, 1.82) is 0 Å². The normalized spacial score (nSPS) is 27.8. The molecule has 2 saturated carbocycles. The highest BCUT2D eigenvalue weighted by atomic mass is 16.2. The van der Waals surface area contributed by atoms with E-state index in [2.05, 4.69) is 21.3 Å². The van der Waals surface area contributed by atoms with E-state index in [4.69, 9.17) is 20.0 Å². The van der Waals surface area contributed by atoms with E-state index in [1.807, 2.05) is 104 Å². The SMILES string of the molecule is CC(C)C1N=Cc2cccc(c2)C=NC(C(C)C)C(=O)N[C@@H]2CCCC[C@H]2NC(=O)C(C(C)C)N=Cc2cccc(c2)C=NC(C(C)C)C(=O)N[C@@H]2CCCC[C@H]2NC1=O. The van der Waals surface area contributed by atoms with Gasteiger partial charge in [0.2, 0.25) is 23.6 Å². The number of fused-ring (bicyclic) bond motifs is 6. The van der Waals surface area contributed by atoms with Crippen LogP contribution in [0.15, 0.2) is 68.5 Å². The van der Waals surface area contributed by atoms with E-state index >= 15 is 0 Å². The standard InChI is InChI=1S/C48H68N8O4/c1-29(2)41-45(57)53-37-19-9-10-20-38(37)54-46(58)42(30(3)4)51-27-35-17-14-18-36(24-35)28-52-44(32(7)8)48(60)56-40-22-12-11-21-39(40)55-47(59)43(31(5)6)50-26-34-16-13-15-33(23-34)25-49-41/h13-18,23-32,37-44H,9-12,19-22H2,1-8H3,(H,53,57)(H,54,58)(H,55,59)(H,56,60)/t37-,38-,39-,40-,41?,42?,43?,44?/m1/s1. The molecular weight excluding hydrogens is 753 g/mol. The maximum atomic E-state index is 13.9. The van der Waals surface area contributed by atoms with Crippen molar-refractivity contribution >= 4 is 48.5 Å². The zero-order chi connectivity index (χ0) is 43.3. The van der Waals surface area contributed by atoms with Crippen molar-refractivity contribution in [3.63, 3.8) is 0 Å². The molecule has 60 heavy (non-hydrogen) atoms. The van der Waals surface area contributed by atoms with Crippen LogP contribution >= 0.6 is 0 Å². The number of hydrogen-bond acceptors (Lipinski definition) is 8. The highest BCUT2D eigenvalue weighted by molar-refractivity contribution is 5.92. The maximum absolute atomic E-state index is 13.9.